The van der Waals surface area contributed by atoms with E-state index in [-0.39, 0.29) is 11.6 Å². The zero-order valence-electron chi connectivity index (χ0n) is 9.63. The smallest absolute Gasteiger partial charge is 0.240 e. The molecule has 0 bridgehead atoms. The number of rotatable bonds is 2. The Balaban J connectivity index is 2.13. The molecule has 0 aliphatic carbocycles. The van der Waals surface area contributed by atoms with Gasteiger partial charge in [0.1, 0.15) is 5.82 Å². The molecule has 1 saturated heterocycles. The lowest BCUT2D eigenvalue weighted by Gasteiger charge is -2.21. The SMILES string of the molecule is CC1(C(=O)Nc2ccc(N)cc2F)CCCS1. The van der Waals surface area contributed by atoms with Crippen LogP contribution in [0.25, 0.3) is 0 Å². The maximum absolute atomic E-state index is 13.5. The van der Waals surface area contributed by atoms with E-state index >= 15 is 0 Å². The fourth-order valence-electron chi connectivity index (χ4n) is 1.85. The molecule has 3 nitrogen and oxygen atoms in total. The molecule has 1 aliphatic heterocycles. The minimum absolute atomic E-state index is 0.135. The van der Waals surface area contributed by atoms with Crippen molar-refractivity contribution in [2.24, 2.45) is 0 Å². The first kappa shape index (κ1) is 12.2. The van der Waals surface area contributed by atoms with Crippen molar-refractivity contribution in [1.82, 2.24) is 0 Å². The number of anilines is 2. The molecule has 17 heavy (non-hydrogen) atoms. The van der Waals surface area contributed by atoms with E-state index in [4.69, 9.17) is 5.73 Å². The molecule has 0 spiro atoms. The van der Waals surface area contributed by atoms with Gasteiger partial charge in [0.2, 0.25) is 5.91 Å². The number of nitrogens with two attached hydrogens (primary N) is 1. The van der Waals surface area contributed by atoms with Crippen LogP contribution in [-0.4, -0.2) is 16.4 Å². The van der Waals surface area contributed by atoms with Crippen LogP contribution in [0, 0.1) is 5.82 Å². The third-order valence-electron chi connectivity index (χ3n) is 2.94. The summed E-state index contributed by atoms with van der Waals surface area (Å²) >= 11 is 1.62. The Kier molecular flexibility index (Phi) is 3.28. The summed E-state index contributed by atoms with van der Waals surface area (Å²) < 4.78 is 13.1. The Morgan fingerprint density at radius 1 is 1.59 bits per heavy atom. The summed E-state index contributed by atoms with van der Waals surface area (Å²) in [5, 5.41) is 2.63. The highest BCUT2D eigenvalue weighted by molar-refractivity contribution is 8.01. The lowest BCUT2D eigenvalue weighted by atomic mass is 10.0. The Hall–Kier alpha value is -1.23. The average molecular weight is 254 g/mol. The molecule has 92 valence electrons. The minimum atomic E-state index is -0.495. The summed E-state index contributed by atoms with van der Waals surface area (Å²) in [7, 11) is 0. The zero-order valence-corrected chi connectivity index (χ0v) is 10.4. The summed E-state index contributed by atoms with van der Waals surface area (Å²) in [6, 6.07) is 4.27. The van der Waals surface area contributed by atoms with Gasteiger partial charge in [-0.2, -0.15) is 0 Å². The standard InChI is InChI=1S/C12H15FN2OS/c1-12(5-2-6-17-12)11(16)15-10-4-3-8(14)7-9(10)13/h3-4,7H,2,5-6,14H2,1H3,(H,15,16). The molecule has 1 aromatic rings. The molecule has 1 heterocycles. The van der Waals surface area contributed by atoms with Crippen molar-refractivity contribution in [2.75, 3.05) is 16.8 Å². The molecule has 2 rings (SSSR count). The van der Waals surface area contributed by atoms with Crippen LogP contribution >= 0.6 is 11.8 Å². The number of halogens is 1. The number of carbonyl (C=O) groups excluding carboxylic acids is 1. The summed E-state index contributed by atoms with van der Waals surface area (Å²) in [5.41, 5.74) is 5.99. The third kappa shape index (κ3) is 2.54. The van der Waals surface area contributed by atoms with E-state index in [0.717, 1.165) is 18.6 Å². The molecular formula is C12H15FN2OS. The Morgan fingerprint density at radius 2 is 2.35 bits per heavy atom. The van der Waals surface area contributed by atoms with Crippen LogP contribution in [0.5, 0.6) is 0 Å². The summed E-state index contributed by atoms with van der Waals surface area (Å²) in [4.78, 5) is 12.0. The molecule has 0 aromatic heterocycles. The molecule has 3 N–H and O–H groups in total. The van der Waals surface area contributed by atoms with Gasteiger partial charge in [0.05, 0.1) is 10.4 Å². The van der Waals surface area contributed by atoms with Crippen LogP contribution in [0.1, 0.15) is 19.8 Å². The number of nitrogens with one attached hydrogen (secondary N) is 1. The third-order valence-corrected chi connectivity index (χ3v) is 4.46. The minimum Gasteiger partial charge on any atom is -0.399 e. The van der Waals surface area contributed by atoms with E-state index in [2.05, 4.69) is 5.32 Å². The van der Waals surface area contributed by atoms with Gasteiger partial charge in [-0.25, -0.2) is 4.39 Å². The molecule has 1 unspecified atom stereocenters. The van der Waals surface area contributed by atoms with Crippen molar-refractivity contribution in [3.05, 3.63) is 24.0 Å². The van der Waals surface area contributed by atoms with Crippen LogP contribution in [0.3, 0.4) is 0 Å². The number of thioether (sulfide) groups is 1. The highest BCUT2D eigenvalue weighted by Gasteiger charge is 2.37. The summed E-state index contributed by atoms with van der Waals surface area (Å²) in [6.07, 6.45) is 1.86. The molecule has 1 amide bonds. The molecule has 1 atom stereocenters. The number of hydrogen-bond donors (Lipinski definition) is 2. The van der Waals surface area contributed by atoms with Gasteiger partial charge in [0.15, 0.2) is 0 Å². The van der Waals surface area contributed by atoms with Crippen LogP contribution in [-0.2, 0) is 4.79 Å². The number of carbonyl (C=O) groups is 1. The Bertz CT molecular complexity index is 444. The van der Waals surface area contributed by atoms with Gasteiger partial charge in [-0.05, 0) is 43.7 Å². The second-order valence-electron chi connectivity index (χ2n) is 4.38. The maximum Gasteiger partial charge on any atom is 0.240 e. The highest BCUT2D eigenvalue weighted by atomic mass is 32.2. The van der Waals surface area contributed by atoms with E-state index in [0.29, 0.717) is 5.69 Å². The van der Waals surface area contributed by atoms with Gasteiger partial charge in [0, 0.05) is 5.69 Å². The van der Waals surface area contributed by atoms with Crippen molar-refractivity contribution in [2.45, 2.75) is 24.5 Å². The molecule has 1 aromatic carbocycles. The molecular weight excluding hydrogens is 239 g/mol. The predicted molar refractivity (Wildman–Crippen MR) is 69.5 cm³/mol. The van der Waals surface area contributed by atoms with E-state index in [9.17, 15) is 9.18 Å². The average Bonchev–Trinajstić information content (AvgIpc) is 2.71. The van der Waals surface area contributed by atoms with E-state index < -0.39 is 10.6 Å². The maximum atomic E-state index is 13.5. The number of hydrogen-bond acceptors (Lipinski definition) is 3. The van der Waals surface area contributed by atoms with Crippen molar-refractivity contribution in [1.29, 1.82) is 0 Å². The summed E-state index contributed by atoms with van der Waals surface area (Å²) in [6.45, 7) is 1.90. The fraction of sp³-hybridized carbons (Fsp3) is 0.417. The van der Waals surface area contributed by atoms with Gasteiger partial charge in [-0.1, -0.05) is 0 Å². The van der Waals surface area contributed by atoms with Gasteiger partial charge < -0.3 is 11.1 Å². The lowest BCUT2D eigenvalue weighted by molar-refractivity contribution is -0.118. The number of nitrogen functional groups attached to an aromatic ring is 1. The van der Waals surface area contributed by atoms with Gasteiger partial charge in [-0.15, -0.1) is 11.8 Å². The monoisotopic (exact) mass is 254 g/mol. The van der Waals surface area contributed by atoms with Gasteiger partial charge in [-0.3, -0.25) is 4.79 Å². The molecule has 0 radical (unpaired) electrons. The Morgan fingerprint density at radius 3 is 2.94 bits per heavy atom. The van der Waals surface area contributed by atoms with Crippen LogP contribution in [0.4, 0.5) is 15.8 Å². The van der Waals surface area contributed by atoms with Crippen LogP contribution in [0.2, 0.25) is 0 Å². The summed E-state index contributed by atoms with van der Waals surface area (Å²) in [5.74, 6) is 0.349. The zero-order chi connectivity index (χ0) is 12.5. The van der Waals surface area contributed by atoms with Gasteiger partial charge in [0.25, 0.3) is 0 Å². The quantitative estimate of drug-likeness (QED) is 0.798. The predicted octanol–water partition coefficient (Wildman–Crippen LogP) is 2.63. The topological polar surface area (TPSA) is 55.1 Å². The normalized spacial score (nSPS) is 23.6. The fourth-order valence-corrected chi connectivity index (χ4v) is 3.06. The molecule has 5 heteroatoms. The first-order chi connectivity index (χ1) is 8.01. The molecule has 0 saturated carbocycles. The lowest BCUT2D eigenvalue weighted by Crippen LogP contribution is -2.34. The van der Waals surface area contributed by atoms with Crippen molar-refractivity contribution in [3.8, 4) is 0 Å². The van der Waals surface area contributed by atoms with Crippen molar-refractivity contribution >= 4 is 29.0 Å². The molecule has 1 aliphatic rings. The van der Waals surface area contributed by atoms with E-state index in [1.807, 2.05) is 6.92 Å². The number of benzene rings is 1. The Labute approximate surface area is 104 Å². The van der Waals surface area contributed by atoms with E-state index in [1.54, 1.807) is 17.8 Å². The van der Waals surface area contributed by atoms with Crippen molar-refractivity contribution in [3.63, 3.8) is 0 Å². The van der Waals surface area contributed by atoms with Gasteiger partial charge >= 0.3 is 0 Å². The van der Waals surface area contributed by atoms with Crippen molar-refractivity contribution < 1.29 is 9.18 Å². The largest absolute Gasteiger partial charge is 0.399 e. The second kappa shape index (κ2) is 4.56. The first-order valence-corrected chi connectivity index (χ1v) is 6.50. The van der Waals surface area contributed by atoms with Crippen LogP contribution < -0.4 is 11.1 Å². The second-order valence-corrected chi connectivity index (χ2v) is 5.97. The van der Waals surface area contributed by atoms with E-state index in [1.165, 1.54) is 12.1 Å². The highest BCUT2D eigenvalue weighted by Crippen LogP contribution is 2.38. The molecule has 1 fully saturated rings. The van der Waals surface area contributed by atoms with Crippen LogP contribution in [0.15, 0.2) is 18.2 Å². The number of amides is 1. The first-order valence-electron chi connectivity index (χ1n) is 5.52.